The highest BCUT2D eigenvalue weighted by Crippen LogP contribution is 2.37. The predicted octanol–water partition coefficient (Wildman–Crippen LogP) is 4.98. The van der Waals surface area contributed by atoms with Crippen LogP contribution in [-0.2, 0) is 0 Å². The maximum atomic E-state index is 5.84. The topological polar surface area (TPSA) is 58.5 Å². The molecule has 28 heavy (non-hydrogen) atoms. The molecule has 0 radical (unpaired) electrons. The Kier molecular flexibility index (Phi) is 5.01. The monoisotopic (exact) mass is 377 g/mol. The van der Waals surface area contributed by atoms with Gasteiger partial charge in [-0.05, 0) is 42.5 Å². The molecular weight excluding hydrogens is 358 g/mol. The first-order valence-corrected chi connectivity index (χ1v) is 8.69. The lowest BCUT2D eigenvalue weighted by atomic mass is 10.2. The van der Waals surface area contributed by atoms with Gasteiger partial charge in [0.15, 0.2) is 11.5 Å². The van der Waals surface area contributed by atoms with Gasteiger partial charge in [0.25, 0.3) is 0 Å². The Labute approximate surface area is 162 Å². The highest BCUT2D eigenvalue weighted by Gasteiger charge is 2.16. The summed E-state index contributed by atoms with van der Waals surface area (Å²) in [6.07, 6.45) is 1.73. The summed E-state index contributed by atoms with van der Waals surface area (Å²) in [6.45, 7) is 0.216. The van der Waals surface area contributed by atoms with Crippen molar-refractivity contribution in [1.29, 1.82) is 0 Å². The smallest absolute Gasteiger partial charge is 0.231 e. The number of ether oxygens (including phenoxy) is 5. The second-order valence-electron chi connectivity index (χ2n) is 5.98. The van der Waals surface area contributed by atoms with Crippen molar-refractivity contribution < 1.29 is 23.7 Å². The molecule has 1 heterocycles. The van der Waals surface area contributed by atoms with Crippen molar-refractivity contribution in [2.24, 2.45) is 4.99 Å². The average Bonchev–Trinajstić information content (AvgIpc) is 3.20. The summed E-state index contributed by atoms with van der Waals surface area (Å²) < 4.78 is 27.2. The van der Waals surface area contributed by atoms with Gasteiger partial charge in [0.05, 0.1) is 19.9 Å². The Balaban J connectivity index is 1.49. The molecule has 0 fully saturated rings. The zero-order valence-electron chi connectivity index (χ0n) is 15.5. The molecule has 0 bridgehead atoms. The van der Waals surface area contributed by atoms with Crippen LogP contribution in [0.2, 0.25) is 0 Å². The molecule has 4 rings (SSSR count). The van der Waals surface area contributed by atoms with E-state index in [9.17, 15) is 0 Å². The summed E-state index contributed by atoms with van der Waals surface area (Å²) in [5.41, 5.74) is 1.60. The molecule has 0 saturated carbocycles. The van der Waals surface area contributed by atoms with E-state index >= 15 is 0 Å². The number of fused-ring (bicyclic) bond motifs is 1. The number of methoxy groups -OCH3 is 2. The molecule has 1 aliphatic rings. The Morgan fingerprint density at radius 2 is 1.57 bits per heavy atom. The zero-order valence-corrected chi connectivity index (χ0v) is 15.5. The Morgan fingerprint density at radius 3 is 2.32 bits per heavy atom. The van der Waals surface area contributed by atoms with Crippen molar-refractivity contribution in [3.8, 4) is 34.5 Å². The van der Waals surface area contributed by atoms with E-state index in [1.807, 2.05) is 54.6 Å². The molecule has 1 aliphatic heterocycles. The summed E-state index contributed by atoms with van der Waals surface area (Å²) in [7, 11) is 3.24. The van der Waals surface area contributed by atoms with E-state index in [1.165, 1.54) is 0 Å². The molecule has 3 aromatic carbocycles. The van der Waals surface area contributed by atoms with E-state index in [0.29, 0.717) is 28.7 Å². The third kappa shape index (κ3) is 3.86. The minimum atomic E-state index is 0.216. The van der Waals surface area contributed by atoms with Crippen LogP contribution in [0.3, 0.4) is 0 Å². The first-order chi connectivity index (χ1) is 13.7. The van der Waals surface area contributed by atoms with Crippen LogP contribution in [0.1, 0.15) is 5.56 Å². The molecule has 0 amide bonds. The third-order valence-electron chi connectivity index (χ3n) is 4.19. The molecule has 0 N–H and O–H groups in total. The van der Waals surface area contributed by atoms with Crippen molar-refractivity contribution >= 4 is 11.9 Å². The van der Waals surface area contributed by atoms with Gasteiger partial charge in [0.2, 0.25) is 6.79 Å². The van der Waals surface area contributed by atoms with Crippen LogP contribution in [0.4, 0.5) is 5.69 Å². The maximum Gasteiger partial charge on any atom is 0.231 e. The predicted molar refractivity (Wildman–Crippen MR) is 106 cm³/mol. The molecule has 0 saturated heterocycles. The lowest BCUT2D eigenvalue weighted by molar-refractivity contribution is 0.174. The summed E-state index contributed by atoms with van der Waals surface area (Å²) in [5.74, 6) is 4.20. The number of benzene rings is 3. The fourth-order valence-corrected chi connectivity index (χ4v) is 2.76. The van der Waals surface area contributed by atoms with E-state index in [2.05, 4.69) is 4.99 Å². The normalized spacial score (nSPS) is 12.2. The van der Waals surface area contributed by atoms with E-state index in [-0.39, 0.29) is 6.79 Å². The van der Waals surface area contributed by atoms with Gasteiger partial charge in [0, 0.05) is 23.9 Å². The molecule has 6 nitrogen and oxygen atoms in total. The van der Waals surface area contributed by atoms with Crippen molar-refractivity contribution in [2.75, 3.05) is 21.0 Å². The van der Waals surface area contributed by atoms with Crippen LogP contribution in [0.5, 0.6) is 34.5 Å². The molecular formula is C22H19NO5. The van der Waals surface area contributed by atoms with Gasteiger partial charge >= 0.3 is 0 Å². The zero-order chi connectivity index (χ0) is 19.3. The van der Waals surface area contributed by atoms with Gasteiger partial charge in [-0.25, -0.2) is 0 Å². The molecule has 0 aliphatic carbocycles. The lowest BCUT2D eigenvalue weighted by Crippen LogP contribution is -1.92. The SMILES string of the molecule is COc1cccc(Oc2ccc(N=Cc3cc4c(cc3OC)OCO4)cc2)c1. The molecule has 0 atom stereocenters. The van der Waals surface area contributed by atoms with Gasteiger partial charge < -0.3 is 23.7 Å². The Bertz CT molecular complexity index is 998. The standard InChI is InChI=1S/C22H19NO5/c1-24-18-4-3-5-19(11-18)28-17-8-6-16(7-9-17)23-13-15-10-21-22(27-14-26-21)12-20(15)25-2/h3-13H,14H2,1-2H3. The van der Waals surface area contributed by atoms with Gasteiger partial charge in [-0.15, -0.1) is 0 Å². The van der Waals surface area contributed by atoms with Crippen molar-refractivity contribution in [1.82, 2.24) is 0 Å². The van der Waals surface area contributed by atoms with Crippen molar-refractivity contribution in [2.45, 2.75) is 0 Å². The number of rotatable bonds is 6. The van der Waals surface area contributed by atoms with Crippen molar-refractivity contribution in [3.63, 3.8) is 0 Å². The molecule has 3 aromatic rings. The molecule has 0 aromatic heterocycles. The van der Waals surface area contributed by atoms with Gasteiger partial charge in [-0.3, -0.25) is 4.99 Å². The van der Waals surface area contributed by atoms with Gasteiger partial charge in [-0.2, -0.15) is 0 Å². The minimum absolute atomic E-state index is 0.216. The van der Waals surface area contributed by atoms with E-state index in [0.717, 1.165) is 17.0 Å². The fourth-order valence-electron chi connectivity index (χ4n) is 2.76. The number of hydrogen-bond acceptors (Lipinski definition) is 6. The largest absolute Gasteiger partial charge is 0.497 e. The summed E-state index contributed by atoms with van der Waals surface area (Å²) >= 11 is 0. The average molecular weight is 377 g/mol. The van der Waals surface area contributed by atoms with Crippen LogP contribution in [0, 0.1) is 0 Å². The second-order valence-corrected chi connectivity index (χ2v) is 5.98. The third-order valence-corrected chi connectivity index (χ3v) is 4.19. The van der Waals surface area contributed by atoms with Crippen LogP contribution in [-0.4, -0.2) is 27.2 Å². The summed E-state index contributed by atoms with van der Waals surface area (Å²) in [4.78, 5) is 4.51. The molecule has 142 valence electrons. The van der Waals surface area contributed by atoms with Crippen LogP contribution < -0.4 is 23.7 Å². The fraction of sp³-hybridized carbons (Fsp3) is 0.136. The minimum Gasteiger partial charge on any atom is -0.497 e. The maximum absolute atomic E-state index is 5.84. The molecule has 0 unspecified atom stereocenters. The molecule has 0 spiro atoms. The van der Waals surface area contributed by atoms with Crippen LogP contribution in [0.25, 0.3) is 0 Å². The summed E-state index contributed by atoms with van der Waals surface area (Å²) in [5, 5.41) is 0. The highest BCUT2D eigenvalue weighted by atomic mass is 16.7. The number of nitrogens with zero attached hydrogens (tertiary/aromatic N) is 1. The van der Waals surface area contributed by atoms with E-state index in [1.54, 1.807) is 26.5 Å². The van der Waals surface area contributed by atoms with Crippen molar-refractivity contribution in [3.05, 3.63) is 66.2 Å². The van der Waals surface area contributed by atoms with E-state index in [4.69, 9.17) is 23.7 Å². The van der Waals surface area contributed by atoms with E-state index < -0.39 is 0 Å². The Hall–Kier alpha value is -3.67. The quantitative estimate of drug-likeness (QED) is 0.567. The highest BCUT2D eigenvalue weighted by molar-refractivity contribution is 5.87. The first-order valence-electron chi connectivity index (χ1n) is 8.69. The summed E-state index contributed by atoms with van der Waals surface area (Å²) in [6, 6.07) is 18.6. The van der Waals surface area contributed by atoms with Crippen LogP contribution >= 0.6 is 0 Å². The number of aliphatic imine (C=N–C) groups is 1. The van der Waals surface area contributed by atoms with Crippen LogP contribution in [0.15, 0.2) is 65.7 Å². The number of hydrogen-bond donors (Lipinski definition) is 0. The lowest BCUT2D eigenvalue weighted by Gasteiger charge is -2.08. The first kappa shape index (κ1) is 17.7. The van der Waals surface area contributed by atoms with Gasteiger partial charge in [-0.1, -0.05) is 6.07 Å². The molecule has 6 heteroatoms. The Morgan fingerprint density at radius 1 is 0.821 bits per heavy atom. The second kappa shape index (κ2) is 7.92. The van der Waals surface area contributed by atoms with Gasteiger partial charge in [0.1, 0.15) is 23.0 Å².